The maximum atomic E-state index is 2.50. The van der Waals surface area contributed by atoms with Gasteiger partial charge in [0.05, 0.1) is 0 Å². The first-order valence-corrected chi connectivity index (χ1v) is 20.7. The Morgan fingerprint density at radius 3 is 1.43 bits per heavy atom. The summed E-state index contributed by atoms with van der Waals surface area (Å²) in [7, 11) is 0. The highest BCUT2D eigenvalue weighted by Gasteiger charge is 2.38. The molecule has 10 aromatic carbocycles. The van der Waals surface area contributed by atoms with Crippen LogP contribution < -0.4 is 0 Å². The summed E-state index contributed by atoms with van der Waals surface area (Å²) >= 11 is 0. The van der Waals surface area contributed by atoms with E-state index in [0.29, 0.717) is 0 Å². The van der Waals surface area contributed by atoms with E-state index in [0.717, 1.165) is 0 Å². The van der Waals surface area contributed by atoms with E-state index in [1.54, 1.807) is 0 Å². The highest BCUT2D eigenvalue weighted by Crippen LogP contribution is 2.55. The van der Waals surface area contributed by atoms with Crippen LogP contribution >= 0.6 is 0 Å². The zero-order valence-electron chi connectivity index (χ0n) is 33.3. The largest absolute Gasteiger partial charge is 0.0616 e. The zero-order chi connectivity index (χ0) is 38.9. The van der Waals surface area contributed by atoms with E-state index in [4.69, 9.17) is 0 Å². The van der Waals surface area contributed by atoms with Gasteiger partial charge in [-0.25, -0.2) is 0 Å². The molecule has 2 aliphatic rings. The number of rotatable bonds is 3. The van der Waals surface area contributed by atoms with Gasteiger partial charge in [0.1, 0.15) is 0 Å². The third-order valence-corrected chi connectivity index (χ3v) is 13.8. The monoisotopic (exact) mass is 738 g/mol. The van der Waals surface area contributed by atoms with E-state index in [1.807, 2.05) is 0 Å². The Kier molecular flexibility index (Phi) is 6.84. The molecule has 0 bridgehead atoms. The summed E-state index contributed by atoms with van der Waals surface area (Å²) in [6.07, 6.45) is 0. The minimum atomic E-state index is -0.171. The predicted octanol–water partition coefficient (Wildman–Crippen LogP) is 15.9. The van der Waals surface area contributed by atoms with Gasteiger partial charge in [-0.1, -0.05) is 191 Å². The second-order valence-electron chi connectivity index (χ2n) is 17.6. The summed E-state index contributed by atoms with van der Waals surface area (Å²) in [5.74, 6) is 0. The highest BCUT2D eigenvalue weighted by molar-refractivity contribution is 6.23. The van der Waals surface area contributed by atoms with Crippen molar-refractivity contribution in [2.45, 2.75) is 38.5 Å². The van der Waals surface area contributed by atoms with Gasteiger partial charge in [0, 0.05) is 10.8 Å². The molecular weight excluding hydrogens is 697 g/mol. The Labute approximate surface area is 340 Å². The zero-order valence-corrected chi connectivity index (χ0v) is 33.3. The number of benzene rings is 10. The van der Waals surface area contributed by atoms with Crippen molar-refractivity contribution in [2.24, 2.45) is 0 Å². The molecule has 0 saturated heterocycles. The second-order valence-corrected chi connectivity index (χ2v) is 17.6. The minimum Gasteiger partial charge on any atom is -0.0616 e. The topological polar surface area (TPSA) is 0 Å². The fourth-order valence-electron chi connectivity index (χ4n) is 11.0. The molecule has 2 aliphatic carbocycles. The van der Waals surface area contributed by atoms with Gasteiger partial charge >= 0.3 is 0 Å². The van der Waals surface area contributed by atoms with Crippen LogP contribution in [0.15, 0.2) is 182 Å². The molecule has 0 radical (unpaired) electrons. The van der Waals surface area contributed by atoms with Gasteiger partial charge in [-0.2, -0.15) is 0 Å². The number of hydrogen-bond acceptors (Lipinski definition) is 0. The third-order valence-electron chi connectivity index (χ3n) is 13.8. The van der Waals surface area contributed by atoms with E-state index in [1.165, 1.54) is 121 Å². The Hall–Kier alpha value is -6.76. The van der Waals surface area contributed by atoms with E-state index < -0.39 is 0 Å². The molecule has 12 rings (SSSR count). The van der Waals surface area contributed by atoms with Crippen LogP contribution in [0.1, 0.15) is 49.9 Å². The van der Waals surface area contributed by atoms with Crippen LogP contribution in [0.4, 0.5) is 0 Å². The van der Waals surface area contributed by atoms with Crippen molar-refractivity contribution in [1.29, 1.82) is 0 Å². The van der Waals surface area contributed by atoms with E-state index in [-0.39, 0.29) is 10.8 Å². The molecule has 0 saturated carbocycles. The van der Waals surface area contributed by atoms with Crippen LogP contribution in [0.2, 0.25) is 0 Å². The fourth-order valence-corrected chi connectivity index (χ4v) is 11.0. The smallest absolute Gasteiger partial charge is 0.0165 e. The SMILES string of the molecule is CC1(C)c2cc(-c3ccc4c(c3)-c3ccc5ccccc5c3C4(C)C)ccc2-c2ccc(-c3c4ccccc4c(-c4cccc5ccccc45)c4ccccc34)cc21. The molecule has 0 fully saturated rings. The van der Waals surface area contributed by atoms with Gasteiger partial charge in [0.15, 0.2) is 0 Å². The number of hydrogen-bond donors (Lipinski definition) is 0. The summed E-state index contributed by atoms with van der Waals surface area (Å²) in [5.41, 5.74) is 18.5. The maximum absolute atomic E-state index is 2.50. The van der Waals surface area contributed by atoms with E-state index in [2.05, 4.69) is 210 Å². The normalized spacial score (nSPS) is 14.5. The average molecular weight is 739 g/mol. The lowest BCUT2D eigenvalue weighted by molar-refractivity contribution is 0.661. The number of fused-ring (bicyclic) bond motifs is 11. The highest BCUT2D eigenvalue weighted by atomic mass is 14.4. The van der Waals surface area contributed by atoms with Crippen molar-refractivity contribution < 1.29 is 0 Å². The molecule has 10 aromatic rings. The van der Waals surface area contributed by atoms with Crippen LogP contribution in [0, 0.1) is 0 Å². The van der Waals surface area contributed by atoms with Gasteiger partial charge < -0.3 is 0 Å². The molecule has 0 heterocycles. The first kappa shape index (κ1) is 33.4. The molecule has 0 amide bonds. The lowest BCUT2D eigenvalue weighted by Gasteiger charge is -2.24. The van der Waals surface area contributed by atoms with Crippen LogP contribution in [-0.4, -0.2) is 0 Å². The first-order valence-electron chi connectivity index (χ1n) is 20.7. The summed E-state index contributed by atoms with van der Waals surface area (Å²) in [4.78, 5) is 0. The Morgan fingerprint density at radius 1 is 0.276 bits per heavy atom. The average Bonchev–Trinajstić information content (AvgIpc) is 3.63. The van der Waals surface area contributed by atoms with Crippen molar-refractivity contribution in [3.05, 3.63) is 204 Å². The molecule has 0 aromatic heterocycles. The van der Waals surface area contributed by atoms with Gasteiger partial charge in [0.2, 0.25) is 0 Å². The fraction of sp³-hybridized carbons (Fsp3) is 0.103. The summed E-state index contributed by atoms with van der Waals surface area (Å²) in [6.45, 7) is 9.60. The van der Waals surface area contributed by atoms with E-state index in [9.17, 15) is 0 Å². The maximum Gasteiger partial charge on any atom is 0.0165 e. The van der Waals surface area contributed by atoms with Crippen LogP contribution in [0.5, 0.6) is 0 Å². The van der Waals surface area contributed by atoms with Gasteiger partial charge in [-0.15, -0.1) is 0 Å². The minimum absolute atomic E-state index is 0.0593. The molecule has 0 atom stereocenters. The van der Waals surface area contributed by atoms with Crippen LogP contribution in [0.3, 0.4) is 0 Å². The summed E-state index contributed by atoms with van der Waals surface area (Å²) in [6, 6.07) is 68.7. The summed E-state index contributed by atoms with van der Waals surface area (Å²) < 4.78 is 0. The molecular formula is C58H42. The quantitative estimate of drug-likeness (QED) is 0.158. The van der Waals surface area contributed by atoms with Gasteiger partial charge in [-0.05, 0) is 139 Å². The van der Waals surface area contributed by atoms with Crippen molar-refractivity contribution in [1.82, 2.24) is 0 Å². The van der Waals surface area contributed by atoms with Crippen LogP contribution in [0.25, 0.3) is 98.7 Å². The molecule has 274 valence electrons. The molecule has 0 heteroatoms. The molecule has 0 nitrogen and oxygen atoms in total. The summed E-state index contributed by atoms with van der Waals surface area (Å²) in [5, 5.41) is 10.4. The Balaban J connectivity index is 0.990. The molecule has 0 unspecified atom stereocenters. The van der Waals surface area contributed by atoms with Crippen molar-refractivity contribution in [2.75, 3.05) is 0 Å². The molecule has 0 spiro atoms. The molecule has 0 aliphatic heterocycles. The Morgan fingerprint density at radius 2 is 0.759 bits per heavy atom. The second kappa shape index (κ2) is 11.9. The van der Waals surface area contributed by atoms with Crippen molar-refractivity contribution >= 4 is 43.1 Å². The Bertz CT molecular complexity index is 3330. The van der Waals surface area contributed by atoms with Gasteiger partial charge in [0.25, 0.3) is 0 Å². The van der Waals surface area contributed by atoms with Crippen molar-refractivity contribution in [3.63, 3.8) is 0 Å². The lowest BCUT2D eigenvalue weighted by atomic mass is 9.79. The molecule has 0 N–H and O–H groups in total. The predicted molar refractivity (Wildman–Crippen MR) is 248 cm³/mol. The first-order chi connectivity index (χ1) is 28.3. The van der Waals surface area contributed by atoms with Crippen LogP contribution in [-0.2, 0) is 10.8 Å². The van der Waals surface area contributed by atoms with Gasteiger partial charge in [-0.3, -0.25) is 0 Å². The lowest BCUT2D eigenvalue weighted by Crippen LogP contribution is -2.15. The standard InChI is InChI=1S/C58H42/c1-57(2)52-33-38(37-27-31-51-50(32-37)49-30-24-36-15-6-8-18-41(36)56(49)58(51,3)4)25-28-42(52)43-29-26-39(34-53(43)57)54-45-19-9-11-21-47(45)55(48-22-12-10-20-46(48)54)44-23-13-16-35-14-5-7-17-40(35)44/h5-34H,1-4H3. The third kappa shape index (κ3) is 4.52. The van der Waals surface area contributed by atoms with Crippen molar-refractivity contribution in [3.8, 4) is 55.6 Å². The van der Waals surface area contributed by atoms with E-state index >= 15 is 0 Å². The molecule has 58 heavy (non-hydrogen) atoms.